The molecule has 0 aliphatic carbocycles. The average Bonchev–Trinajstić information content (AvgIpc) is 2.87. The van der Waals surface area contributed by atoms with E-state index in [-0.39, 0.29) is 12.2 Å². The topological polar surface area (TPSA) is 93.4 Å². The first kappa shape index (κ1) is 13.3. The fraction of sp³-hybridized carbons (Fsp3) is 0.167. The molecule has 0 unspecified atom stereocenters. The molecule has 3 aromatic heterocycles. The Kier molecular flexibility index (Phi) is 2.96. The number of nitrogens with two attached hydrogens (primary N) is 1. The summed E-state index contributed by atoms with van der Waals surface area (Å²) in [4.78, 5) is 18.4. The summed E-state index contributed by atoms with van der Waals surface area (Å²) < 4.78 is 37.3. The van der Waals surface area contributed by atoms with Gasteiger partial charge in [-0.2, -0.15) is 13.2 Å². The number of alkyl halides is 3. The summed E-state index contributed by atoms with van der Waals surface area (Å²) in [5.41, 5.74) is 6.31. The number of aromatic nitrogens is 5. The summed E-state index contributed by atoms with van der Waals surface area (Å²) in [6.45, 7) is 0. The van der Waals surface area contributed by atoms with Gasteiger partial charge in [0, 0.05) is 12.6 Å². The molecule has 0 atom stereocenters. The third-order valence-electron chi connectivity index (χ3n) is 2.84. The maximum Gasteiger partial charge on any atom is 0.433 e. The van der Waals surface area contributed by atoms with Crippen LogP contribution in [0.4, 0.5) is 19.0 Å². The van der Waals surface area contributed by atoms with E-state index >= 15 is 0 Å². The lowest BCUT2D eigenvalue weighted by atomic mass is 10.2. The summed E-state index contributed by atoms with van der Waals surface area (Å²) in [6, 6.07) is 2.26. The summed E-state index contributed by atoms with van der Waals surface area (Å²) in [7, 11) is 0. The monoisotopic (exact) mass is 294 g/mol. The van der Waals surface area contributed by atoms with Gasteiger partial charge in [0.25, 0.3) is 0 Å². The quantitative estimate of drug-likeness (QED) is 0.753. The van der Waals surface area contributed by atoms with Gasteiger partial charge < -0.3 is 10.7 Å². The van der Waals surface area contributed by atoms with Gasteiger partial charge in [-0.25, -0.2) is 15.0 Å². The zero-order valence-electron chi connectivity index (χ0n) is 10.5. The number of nitrogens with zero attached hydrogens (tertiary/aromatic N) is 4. The largest absolute Gasteiger partial charge is 0.433 e. The van der Waals surface area contributed by atoms with Crippen molar-refractivity contribution in [1.82, 2.24) is 24.9 Å². The van der Waals surface area contributed by atoms with E-state index in [2.05, 4.69) is 24.9 Å². The lowest BCUT2D eigenvalue weighted by Gasteiger charge is -2.06. The molecule has 3 heterocycles. The molecule has 0 aromatic carbocycles. The van der Waals surface area contributed by atoms with Gasteiger partial charge >= 0.3 is 6.18 Å². The Hall–Kier alpha value is -2.71. The van der Waals surface area contributed by atoms with Gasteiger partial charge in [0.2, 0.25) is 0 Å². The minimum atomic E-state index is -4.45. The molecule has 108 valence electrons. The first-order valence-electron chi connectivity index (χ1n) is 5.91. The number of fused-ring (bicyclic) bond motifs is 1. The van der Waals surface area contributed by atoms with Crippen LogP contribution in [0.2, 0.25) is 0 Å². The van der Waals surface area contributed by atoms with Crippen molar-refractivity contribution < 1.29 is 13.2 Å². The van der Waals surface area contributed by atoms with Crippen LogP contribution in [-0.2, 0) is 12.6 Å². The Morgan fingerprint density at radius 1 is 1.14 bits per heavy atom. The second-order valence-corrected chi connectivity index (χ2v) is 4.35. The molecule has 3 aromatic rings. The Morgan fingerprint density at radius 2 is 1.95 bits per heavy atom. The van der Waals surface area contributed by atoms with E-state index in [1.54, 1.807) is 0 Å². The van der Waals surface area contributed by atoms with Crippen molar-refractivity contribution in [3.8, 4) is 0 Å². The van der Waals surface area contributed by atoms with Crippen LogP contribution in [0.5, 0.6) is 0 Å². The van der Waals surface area contributed by atoms with E-state index in [1.165, 1.54) is 12.4 Å². The zero-order valence-corrected chi connectivity index (χ0v) is 10.5. The van der Waals surface area contributed by atoms with Crippen LogP contribution in [0, 0.1) is 0 Å². The summed E-state index contributed by atoms with van der Waals surface area (Å²) in [5, 5.41) is 0. The maximum atomic E-state index is 12.4. The third-order valence-corrected chi connectivity index (χ3v) is 2.84. The van der Waals surface area contributed by atoms with Crippen LogP contribution in [0.25, 0.3) is 11.2 Å². The summed E-state index contributed by atoms with van der Waals surface area (Å²) in [5.74, 6) is 0.612. The second-order valence-electron chi connectivity index (χ2n) is 4.35. The first-order valence-corrected chi connectivity index (χ1v) is 5.91. The fourth-order valence-corrected chi connectivity index (χ4v) is 1.86. The summed E-state index contributed by atoms with van der Waals surface area (Å²) >= 11 is 0. The highest BCUT2D eigenvalue weighted by molar-refractivity contribution is 5.80. The van der Waals surface area contributed by atoms with Gasteiger partial charge in [-0.1, -0.05) is 6.07 Å². The first-order chi connectivity index (χ1) is 9.93. The van der Waals surface area contributed by atoms with Crippen LogP contribution in [0.1, 0.15) is 17.1 Å². The lowest BCUT2D eigenvalue weighted by Crippen LogP contribution is -2.08. The fourth-order valence-electron chi connectivity index (χ4n) is 1.86. The van der Waals surface area contributed by atoms with Gasteiger partial charge in [0.15, 0.2) is 11.5 Å². The highest BCUT2D eigenvalue weighted by atomic mass is 19.4. The highest BCUT2D eigenvalue weighted by Crippen LogP contribution is 2.27. The maximum absolute atomic E-state index is 12.4. The number of imidazole rings is 1. The number of aromatic amines is 1. The average molecular weight is 294 g/mol. The van der Waals surface area contributed by atoms with Gasteiger partial charge in [-0.05, 0) is 11.6 Å². The standard InChI is InChI=1S/C12H9F3N6/c13-12(14,15)7-2-1-6(4-17-7)3-8-20-10(16)9-11(21-8)19-5-18-9/h1-2,4-5H,3H2,(H3,16,18,19,20,21). The number of nitrogens with one attached hydrogen (secondary N) is 1. The van der Waals surface area contributed by atoms with Crippen LogP contribution >= 0.6 is 0 Å². The van der Waals surface area contributed by atoms with Crippen molar-refractivity contribution in [2.24, 2.45) is 0 Å². The molecule has 0 saturated heterocycles. The van der Waals surface area contributed by atoms with Crippen molar-refractivity contribution in [3.05, 3.63) is 41.7 Å². The molecule has 3 N–H and O–H groups in total. The molecule has 21 heavy (non-hydrogen) atoms. The van der Waals surface area contributed by atoms with E-state index < -0.39 is 11.9 Å². The predicted octanol–water partition coefficient (Wildman–Crippen LogP) is 1.94. The molecule has 6 nitrogen and oxygen atoms in total. The second kappa shape index (κ2) is 4.69. The van der Waals surface area contributed by atoms with Gasteiger partial charge in [0.05, 0.1) is 6.33 Å². The summed E-state index contributed by atoms with van der Waals surface area (Å²) in [6.07, 6.45) is -1.64. The van der Waals surface area contributed by atoms with Crippen molar-refractivity contribution >= 4 is 17.0 Å². The number of rotatable bonds is 2. The molecule has 0 fully saturated rings. The SMILES string of the molecule is Nc1nc(Cc2ccc(C(F)(F)F)nc2)nc2nc[nH]c12. The van der Waals surface area contributed by atoms with E-state index in [9.17, 15) is 13.2 Å². The van der Waals surface area contributed by atoms with Crippen LogP contribution in [0.3, 0.4) is 0 Å². The minimum absolute atomic E-state index is 0.220. The molecule has 9 heteroatoms. The van der Waals surface area contributed by atoms with E-state index in [0.29, 0.717) is 22.6 Å². The number of anilines is 1. The van der Waals surface area contributed by atoms with E-state index in [4.69, 9.17) is 5.73 Å². The normalized spacial score (nSPS) is 12.0. The lowest BCUT2D eigenvalue weighted by molar-refractivity contribution is -0.141. The molecular formula is C12H9F3N6. The zero-order chi connectivity index (χ0) is 15.0. The third kappa shape index (κ3) is 2.62. The molecule has 0 aliphatic heterocycles. The molecule has 0 radical (unpaired) electrons. The van der Waals surface area contributed by atoms with Crippen LogP contribution < -0.4 is 5.73 Å². The number of halogens is 3. The molecule has 0 saturated carbocycles. The smallest absolute Gasteiger partial charge is 0.382 e. The molecule has 0 spiro atoms. The number of hydrogen-bond donors (Lipinski definition) is 2. The molecule has 3 rings (SSSR count). The van der Waals surface area contributed by atoms with Crippen molar-refractivity contribution in [1.29, 1.82) is 0 Å². The number of H-pyrrole nitrogens is 1. The van der Waals surface area contributed by atoms with E-state index in [1.807, 2.05) is 0 Å². The number of nitrogen functional groups attached to an aromatic ring is 1. The molecule has 0 bridgehead atoms. The Labute approximate surface area is 116 Å². The molecule has 0 aliphatic rings. The van der Waals surface area contributed by atoms with Gasteiger partial charge in [-0.3, -0.25) is 4.98 Å². The number of pyridine rings is 1. The van der Waals surface area contributed by atoms with Crippen LogP contribution in [-0.4, -0.2) is 24.9 Å². The molecular weight excluding hydrogens is 285 g/mol. The Balaban J connectivity index is 1.88. The van der Waals surface area contributed by atoms with Gasteiger partial charge in [0.1, 0.15) is 17.0 Å². The van der Waals surface area contributed by atoms with E-state index in [0.717, 1.165) is 12.3 Å². The Bertz CT molecular complexity index is 778. The number of hydrogen-bond acceptors (Lipinski definition) is 5. The molecule has 0 amide bonds. The van der Waals surface area contributed by atoms with Crippen LogP contribution in [0.15, 0.2) is 24.7 Å². The Morgan fingerprint density at radius 3 is 2.62 bits per heavy atom. The van der Waals surface area contributed by atoms with Crippen molar-refractivity contribution in [2.75, 3.05) is 5.73 Å². The minimum Gasteiger partial charge on any atom is -0.382 e. The predicted molar refractivity (Wildman–Crippen MR) is 68.1 cm³/mol. The van der Waals surface area contributed by atoms with Gasteiger partial charge in [-0.15, -0.1) is 0 Å². The van der Waals surface area contributed by atoms with Crippen molar-refractivity contribution in [2.45, 2.75) is 12.6 Å². The van der Waals surface area contributed by atoms with Crippen molar-refractivity contribution in [3.63, 3.8) is 0 Å². The highest BCUT2D eigenvalue weighted by Gasteiger charge is 2.32.